The Morgan fingerprint density at radius 1 is 1.41 bits per heavy atom. The molecule has 5 nitrogen and oxygen atoms in total. The lowest BCUT2D eigenvalue weighted by Crippen LogP contribution is -2.03. The van der Waals surface area contributed by atoms with Crippen molar-refractivity contribution in [3.05, 3.63) is 41.5 Å². The molecule has 0 spiro atoms. The van der Waals surface area contributed by atoms with E-state index in [1.54, 1.807) is 23.0 Å². The number of ether oxygens (including phenoxy) is 1. The second-order valence-electron chi connectivity index (χ2n) is 3.83. The van der Waals surface area contributed by atoms with E-state index in [9.17, 15) is 0 Å². The summed E-state index contributed by atoms with van der Waals surface area (Å²) in [5.41, 5.74) is 2.61. The van der Waals surface area contributed by atoms with Crippen molar-refractivity contribution in [2.45, 2.75) is 20.1 Å². The van der Waals surface area contributed by atoms with Gasteiger partial charge in [-0.15, -0.1) is 0 Å². The lowest BCUT2D eigenvalue weighted by Gasteiger charge is -2.06. The van der Waals surface area contributed by atoms with Gasteiger partial charge >= 0.3 is 0 Å². The number of nitrogens with zero attached hydrogens (tertiary/aromatic N) is 3. The van der Waals surface area contributed by atoms with E-state index in [0.717, 1.165) is 11.4 Å². The standard InChI is InChI=1S/C12H15N3O2/c1-9-5-11(15(2)14-9)8-17-12-4-3-10(7-16)13-6-12/h3-6,16H,7-8H2,1-2H3. The number of aromatic nitrogens is 3. The third-order valence-electron chi connectivity index (χ3n) is 2.45. The zero-order valence-electron chi connectivity index (χ0n) is 9.92. The van der Waals surface area contributed by atoms with Crippen molar-refractivity contribution in [2.75, 3.05) is 0 Å². The second kappa shape index (κ2) is 4.97. The summed E-state index contributed by atoms with van der Waals surface area (Å²) >= 11 is 0. The molecule has 2 heterocycles. The van der Waals surface area contributed by atoms with Crippen molar-refractivity contribution in [3.63, 3.8) is 0 Å². The van der Waals surface area contributed by atoms with Gasteiger partial charge in [-0.1, -0.05) is 0 Å². The zero-order chi connectivity index (χ0) is 12.3. The minimum absolute atomic E-state index is 0.0544. The number of hydrogen-bond acceptors (Lipinski definition) is 4. The van der Waals surface area contributed by atoms with Crippen LogP contribution in [0, 0.1) is 6.92 Å². The number of aliphatic hydroxyl groups is 1. The summed E-state index contributed by atoms with van der Waals surface area (Å²) in [6.45, 7) is 2.35. The zero-order valence-corrected chi connectivity index (χ0v) is 9.92. The largest absolute Gasteiger partial charge is 0.486 e. The average molecular weight is 233 g/mol. The number of aliphatic hydroxyl groups excluding tert-OH is 1. The summed E-state index contributed by atoms with van der Waals surface area (Å²) in [5, 5.41) is 13.1. The average Bonchev–Trinajstić information content (AvgIpc) is 2.66. The fourth-order valence-corrected chi connectivity index (χ4v) is 1.55. The van der Waals surface area contributed by atoms with Crippen molar-refractivity contribution >= 4 is 0 Å². The highest BCUT2D eigenvalue weighted by Gasteiger charge is 2.03. The van der Waals surface area contributed by atoms with Crippen LogP contribution in [-0.2, 0) is 20.3 Å². The first kappa shape index (κ1) is 11.6. The minimum atomic E-state index is -0.0544. The Balaban J connectivity index is 1.99. The molecular weight excluding hydrogens is 218 g/mol. The van der Waals surface area contributed by atoms with Gasteiger partial charge in [0.2, 0.25) is 0 Å². The number of rotatable bonds is 4. The molecule has 2 rings (SSSR count). The van der Waals surface area contributed by atoms with Crippen LogP contribution in [-0.4, -0.2) is 19.9 Å². The van der Waals surface area contributed by atoms with Crippen molar-refractivity contribution in [2.24, 2.45) is 7.05 Å². The fraction of sp³-hybridized carbons (Fsp3) is 0.333. The molecule has 5 heteroatoms. The van der Waals surface area contributed by atoms with Gasteiger partial charge in [-0.2, -0.15) is 5.10 Å². The summed E-state index contributed by atoms with van der Waals surface area (Å²) in [6, 6.07) is 5.52. The van der Waals surface area contributed by atoms with Gasteiger partial charge in [-0.25, -0.2) is 0 Å². The maximum absolute atomic E-state index is 8.86. The predicted molar refractivity (Wildman–Crippen MR) is 62.4 cm³/mol. The SMILES string of the molecule is Cc1cc(COc2ccc(CO)nc2)n(C)n1. The van der Waals surface area contributed by atoms with E-state index in [-0.39, 0.29) is 6.61 Å². The molecule has 0 radical (unpaired) electrons. The van der Waals surface area contributed by atoms with E-state index >= 15 is 0 Å². The Hall–Kier alpha value is -1.88. The van der Waals surface area contributed by atoms with Gasteiger partial charge < -0.3 is 9.84 Å². The fourth-order valence-electron chi connectivity index (χ4n) is 1.55. The third kappa shape index (κ3) is 2.82. The molecule has 0 aromatic carbocycles. The summed E-state index contributed by atoms with van der Waals surface area (Å²) < 4.78 is 7.38. The molecule has 0 aliphatic rings. The molecule has 2 aromatic rings. The molecule has 0 saturated carbocycles. The van der Waals surface area contributed by atoms with E-state index in [2.05, 4.69) is 10.1 Å². The van der Waals surface area contributed by atoms with E-state index in [1.807, 2.05) is 20.0 Å². The molecule has 0 atom stereocenters. The lowest BCUT2D eigenvalue weighted by atomic mass is 10.3. The summed E-state index contributed by atoms with van der Waals surface area (Å²) in [6.07, 6.45) is 1.61. The van der Waals surface area contributed by atoms with Crippen molar-refractivity contribution < 1.29 is 9.84 Å². The summed E-state index contributed by atoms with van der Waals surface area (Å²) in [4.78, 5) is 4.04. The Labute approximate surface area is 99.7 Å². The maximum Gasteiger partial charge on any atom is 0.138 e. The minimum Gasteiger partial charge on any atom is -0.486 e. The monoisotopic (exact) mass is 233 g/mol. The molecular formula is C12H15N3O2. The number of pyridine rings is 1. The topological polar surface area (TPSA) is 60.2 Å². The summed E-state index contributed by atoms with van der Waals surface area (Å²) in [7, 11) is 1.89. The highest BCUT2D eigenvalue weighted by atomic mass is 16.5. The Kier molecular flexibility index (Phi) is 3.39. The van der Waals surface area contributed by atoms with Crippen LogP contribution in [0.2, 0.25) is 0 Å². The van der Waals surface area contributed by atoms with Crippen LogP contribution in [0.25, 0.3) is 0 Å². The van der Waals surface area contributed by atoms with E-state index < -0.39 is 0 Å². The van der Waals surface area contributed by atoms with Crippen molar-refractivity contribution in [1.29, 1.82) is 0 Å². The molecule has 0 unspecified atom stereocenters. The molecule has 2 aromatic heterocycles. The van der Waals surface area contributed by atoms with Crippen LogP contribution in [0.4, 0.5) is 0 Å². The normalized spacial score (nSPS) is 10.5. The predicted octanol–water partition coefficient (Wildman–Crippen LogP) is 1.19. The first-order valence-corrected chi connectivity index (χ1v) is 5.37. The van der Waals surface area contributed by atoms with Gasteiger partial charge in [0.15, 0.2) is 0 Å². The molecule has 1 N–H and O–H groups in total. The van der Waals surface area contributed by atoms with Crippen LogP contribution in [0.5, 0.6) is 5.75 Å². The van der Waals surface area contributed by atoms with Crippen LogP contribution in [0.3, 0.4) is 0 Å². The van der Waals surface area contributed by atoms with Crippen LogP contribution >= 0.6 is 0 Å². The molecule has 17 heavy (non-hydrogen) atoms. The van der Waals surface area contributed by atoms with Gasteiger partial charge in [0.1, 0.15) is 12.4 Å². The van der Waals surface area contributed by atoms with Crippen LogP contribution < -0.4 is 4.74 Å². The lowest BCUT2D eigenvalue weighted by molar-refractivity contribution is 0.274. The van der Waals surface area contributed by atoms with Crippen LogP contribution in [0.1, 0.15) is 17.1 Å². The van der Waals surface area contributed by atoms with Gasteiger partial charge in [0, 0.05) is 7.05 Å². The first-order chi connectivity index (χ1) is 8.19. The van der Waals surface area contributed by atoms with Crippen LogP contribution in [0.15, 0.2) is 24.4 Å². The van der Waals surface area contributed by atoms with Crippen molar-refractivity contribution in [1.82, 2.24) is 14.8 Å². The first-order valence-electron chi connectivity index (χ1n) is 5.37. The molecule has 90 valence electrons. The van der Waals surface area contributed by atoms with Gasteiger partial charge in [-0.3, -0.25) is 9.67 Å². The smallest absolute Gasteiger partial charge is 0.138 e. The molecule has 0 bridgehead atoms. The van der Waals surface area contributed by atoms with E-state index in [4.69, 9.17) is 9.84 Å². The van der Waals surface area contributed by atoms with Gasteiger partial charge in [-0.05, 0) is 25.1 Å². The highest BCUT2D eigenvalue weighted by Crippen LogP contribution is 2.12. The molecule has 0 amide bonds. The number of hydrogen-bond donors (Lipinski definition) is 1. The summed E-state index contributed by atoms with van der Waals surface area (Å²) in [5.74, 6) is 0.682. The molecule has 0 aliphatic carbocycles. The molecule has 0 saturated heterocycles. The Morgan fingerprint density at radius 2 is 2.24 bits per heavy atom. The quantitative estimate of drug-likeness (QED) is 0.861. The van der Waals surface area contributed by atoms with E-state index in [1.165, 1.54) is 0 Å². The Bertz CT molecular complexity index is 491. The van der Waals surface area contributed by atoms with Gasteiger partial charge in [0.05, 0.1) is 29.9 Å². The second-order valence-corrected chi connectivity index (χ2v) is 3.83. The maximum atomic E-state index is 8.86. The third-order valence-corrected chi connectivity index (χ3v) is 2.45. The van der Waals surface area contributed by atoms with Gasteiger partial charge in [0.25, 0.3) is 0 Å². The highest BCUT2D eigenvalue weighted by molar-refractivity contribution is 5.20. The van der Waals surface area contributed by atoms with Crippen molar-refractivity contribution in [3.8, 4) is 5.75 Å². The number of aryl methyl sites for hydroxylation is 2. The van der Waals surface area contributed by atoms with E-state index in [0.29, 0.717) is 18.1 Å². The molecule has 0 aliphatic heterocycles. The Morgan fingerprint density at radius 3 is 2.76 bits per heavy atom. The molecule has 0 fully saturated rings.